The van der Waals surface area contributed by atoms with Crippen LogP contribution in [0.4, 0.5) is 0 Å². The number of methoxy groups -OCH3 is 2. The number of hydrogen-bond acceptors (Lipinski definition) is 10. The minimum Gasteiger partial charge on any atom is -0.465 e. The predicted molar refractivity (Wildman–Crippen MR) is 160 cm³/mol. The predicted octanol–water partition coefficient (Wildman–Crippen LogP) is 5.29. The van der Waals surface area contributed by atoms with Crippen molar-refractivity contribution in [1.82, 2.24) is 9.97 Å². The Labute approximate surface area is 245 Å². The summed E-state index contributed by atoms with van der Waals surface area (Å²) in [5, 5.41) is 8.55. The molecule has 3 rings (SSSR count). The average molecular weight is 571 g/mol. The highest BCUT2D eigenvalue weighted by atomic mass is 16.6. The number of ether oxygens (including phenoxy) is 2. The number of hydrogen-bond donors (Lipinski definition) is 0. The van der Waals surface area contributed by atoms with Crippen molar-refractivity contribution < 1.29 is 28.7 Å². The standard InChI is InChI=1S/C32H34N4O6/c1-8-26-29(22(4)35-41-17-24-13-9-11-15-27(24)20(2)31(37)39-6)33-19-34-30(26)23(5)36-42-18-25-14-10-12-16-28(25)21(3)32(38)40-7/h9-16,19H,2-3,8,17-18H2,1,4-7H3/b35-22+,36-23+. The van der Waals surface area contributed by atoms with Crippen LogP contribution in [-0.4, -0.2) is 47.5 Å². The maximum Gasteiger partial charge on any atom is 0.337 e. The molecule has 1 aromatic heterocycles. The van der Waals surface area contributed by atoms with Gasteiger partial charge in [0.05, 0.1) is 36.8 Å². The molecule has 0 radical (unpaired) electrons. The van der Waals surface area contributed by atoms with Crippen LogP contribution in [-0.2, 0) is 48.4 Å². The van der Waals surface area contributed by atoms with Gasteiger partial charge in [0.1, 0.15) is 31.0 Å². The van der Waals surface area contributed by atoms with Gasteiger partial charge in [-0.15, -0.1) is 0 Å². The molecular formula is C32H34N4O6. The molecule has 0 N–H and O–H groups in total. The molecule has 42 heavy (non-hydrogen) atoms. The Bertz CT molecular complexity index is 1430. The van der Waals surface area contributed by atoms with Crippen molar-refractivity contribution in [2.24, 2.45) is 10.3 Å². The van der Waals surface area contributed by atoms with E-state index in [0.717, 1.165) is 16.7 Å². The Morgan fingerprint density at radius 1 is 0.738 bits per heavy atom. The molecule has 0 amide bonds. The van der Waals surface area contributed by atoms with Gasteiger partial charge in [0.15, 0.2) is 0 Å². The molecule has 0 bridgehead atoms. The lowest BCUT2D eigenvalue weighted by Crippen LogP contribution is -2.13. The van der Waals surface area contributed by atoms with E-state index in [1.54, 1.807) is 26.0 Å². The molecule has 10 nitrogen and oxygen atoms in total. The second-order valence-electron chi connectivity index (χ2n) is 9.06. The summed E-state index contributed by atoms with van der Waals surface area (Å²) in [5.41, 5.74) is 6.34. The van der Waals surface area contributed by atoms with Crippen LogP contribution < -0.4 is 0 Å². The molecule has 0 spiro atoms. The lowest BCUT2D eigenvalue weighted by atomic mass is 10.0. The molecular weight excluding hydrogens is 536 g/mol. The van der Waals surface area contributed by atoms with Crippen molar-refractivity contribution >= 4 is 34.5 Å². The Balaban J connectivity index is 1.77. The van der Waals surface area contributed by atoms with Crippen molar-refractivity contribution in [2.45, 2.75) is 40.4 Å². The first-order valence-electron chi connectivity index (χ1n) is 13.1. The first-order valence-corrected chi connectivity index (χ1v) is 13.1. The first-order chi connectivity index (χ1) is 20.2. The highest BCUT2D eigenvalue weighted by molar-refractivity contribution is 6.16. The van der Waals surface area contributed by atoms with Crippen LogP contribution in [0.1, 0.15) is 60.0 Å². The average Bonchev–Trinajstić information content (AvgIpc) is 3.03. The Hall–Kier alpha value is -5.12. The van der Waals surface area contributed by atoms with Gasteiger partial charge in [0, 0.05) is 16.7 Å². The summed E-state index contributed by atoms with van der Waals surface area (Å²) in [7, 11) is 2.62. The van der Waals surface area contributed by atoms with Crippen molar-refractivity contribution in [3.63, 3.8) is 0 Å². The van der Waals surface area contributed by atoms with Gasteiger partial charge < -0.3 is 19.1 Å². The van der Waals surface area contributed by atoms with E-state index >= 15 is 0 Å². The smallest absolute Gasteiger partial charge is 0.337 e. The summed E-state index contributed by atoms with van der Waals surface area (Å²) in [6.07, 6.45) is 2.04. The van der Waals surface area contributed by atoms with E-state index in [1.165, 1.54) is 20.5 Å². The largest absolute Gasteiger partial charge is 0.465 e. The van der Waals surface area contributed by atoms with Crippen LogP contribution in [0.2, 0.25) is 0 Å². The van der Waals surface area contributed by atoms with E-state index in [1.807, 2.05) is 43.3 Å². The third-order valence-electron chi connectivity index (χ3n) is 6.38. The molecule has 2 aromatic carbocycles. The maximum absolute atomic E-state index is 12.0. The molecule has 0 aliphatic rings. The van der Waals surface area contributed by atoms with E-state index in [2.05, 4.69) is 33.4 Å². The maximum atomic E-state index is 12.0. The van der Waals surface area contributed by atoms with E-state index < -0.39 is 11.9 Å². The summed E-state index contributed by atoms with van der Waals surface area (Å²) in [5.74, 6) is -1.03. The van der Waals surface area contributed by atoms with Crippen LogP contribution in [0, 0.1) is 0 Å². The molecule has 0 aliphatic carbocycles. The first kappa shape index (κ1) is 31.4. The van der Waals surface area contributed by atoms with Gasteiger partial charge >= 0.3 is 11.9 Å². The minimum absolute atomic E-state index is 0.112. The number of esters is 2. The van der Waals surface area contributed by atoms with Gasteiger partial charge in [-0.05, 0) is 31.4 Å². The molecule has 218 valence electrons. The number of nitrogens with zero attached hydrogens (tertiary/aromatic N) is 4. The second kappa shape index (κ2) is 15.0. The molecule has 0 unspecified atom stereocenters. The summed E-state index contributed by atoms with van der Waals surface area (Å²) in [4.78, 5) is 44.1. The zero-order valence-electron chi connectivity index (χ0n) is 24.5. The highest BCUT2D eigenvalue weighted by Gasteiger charge is 2.17. The third-order valence-corrected chi connectivity index (χ3v) is 6.38. The van der Waals surface area contributed by atoms with Gasteiger partial charge in [-0.1, -0.05) is 78.9 Å². The van der Waals surface area contributed by atoms with E-state index in [-0.39, 0.29) is 24.4 Å². The van der Waals surface area contributed by atoms with E-state index in [0.29, 0.717) is 40.4 Å². The van der Waals surface area contributed by atoms with Crippen molar-refractivity contribution in [3.8, 4) is 0 Å². The fraction of sp³-hybridized carbons (Fsp3) is 0.250. The fourth-order valence-corrected chi connectivity index (χ4v) is 4.20. The quantitative estimate of drug-likeness (QED) is 0.118. The molecule has 0 saturated heterocycles. The van der Waals surface area contributed by atoms with Gasteiger partial charge in [-0.3, -0.25) is 0 Å². The Kier molecular flexibility index (Phi) is 11.2. The molecule has 0 atom stereocenters. The van der Waals surface area contributed by atoms with Crippen molar-refractivity contribution in [2.75, 3.05) is 14.2 Å². The zero-order chi connectivity index (χ0) is 30.6. The zero-order valence-corrected chi connectivity index (χ0v) is 24.5. The van der Waals surface area contributed by atoms with Crippen LogP contribution in [0.3, 0.4) is 0 Å². The Morgan fingerprint density at radius 2 is 1.14 bits per heavy atom. The van der Waals surface area contributed by atoms with Crippen LogP contribution in [0.15, 0.2) is 78.3 Å². The van der Waals surface area contributed by atoms with Crippen LogP contribution in [0.25, 0.3) is 11.1 Å². The van der Waals surface area contributed by atoms with Crippen molar-refractivity contribution in [3.05, 3.63) is 107 Å². The lowest BCUT2D eigenvalue weighted by molar-refractivity contribution is -0.134. The molecule has 0 aliphatic heterocycles. The fourth-order valence-electron chi connectivity index (χ4n) is 4.20. The molecule has 3 aromatic rings. The topological polar surface area (TPSA) is 122 Å². The minimum atomic E-state index is -0.514. The highest BCUT2D eigenvalue weighted by Crippen LogP contribution is 2.22. The number of carbonyl (C=O) groups excluding carboxylic acids is 2. The van der Waals surface area contributed by atoms with Crippen LogP contribution >= 0.6 is 0 Å². The Morgan fingerprint density at radius 3 is 1.52 bits per heavy atom. The number of benzene rings is 2. The molecule has 0 fully saturated rings. The van der Waals surface area contributed by atoms with E-state index in [4.69, 9.17) is 19.1 Å². The third kappa shape index (κ3) is 7.54. The molecule has 0 saturated carbocycles. The number of aromatic nitrogens is 2. The normalized spacial score (nSPS) is 11.5. The number of carbonyl (C=O) groups is 2. The second-order valence-corrected chi connectivity index (χ2v) is 9.06. The van der Waals surface area contributed by atoms with Gasteiger partial charge in [-0.25, -0.2) is 19.6 Å². The lowest BCUT2D eigenvalue weighted by Gasteiger charge is -2.13. The van der Waals surface area contributed by atoms with E-state index in [9.17, 15) is 9.59 Å². The summed E-state index contributed by atoms with van der Waals surface area (Å²) in [6, 6.07) is 14.5. The monoisotopic (exact) mass is 570 g/mol. The van der Waals surface area contributed by atoms with Gasteiger partial charge in [-0.2, -0.15) is 0 Å². The number of rotatable bonds is 13. The summed E-state index contributed by atoms with van der Waals surface area (Å²) < 4.78 is 9.58. The van der Waals surface area contributed by atoms with Gasteiger partial charge in [0.2, 0.25) is 0 Å². The summed E-state index contributed by atoms with van der Waals surface area (Å²) >= 11 is 0. The van der Waals surface area contributed by atoms with Gasteiger partial charge in [0.25, 0.3) is 0 Å². The number of oxime groups is 2. The molecule has 1 heterocycles. The molecule has 10 heteroatoms. The SMILES string of the molecule is C=C(C(=O)OC)c1ccccc1CO/N=C(\C)c1ncnc(/C(C)=N/OCc2ccccc2C(=C)C(=O)OC)c1CC. The summed E-state index contributed by atoms with van der Waals surface area (Å²) in [6.45, 7) is 13.4. The van der Waals surface area contributed by atoms with Crippen LogP contribution in [0.5, 0.6) is 0 Å². The van der Waals surface area contributed by atoms with Crippen molar-refractivity contribution in [1.29, 1.82) is 0 Å².